The molecule has 5 N–H and O–H groups in total. The number of carbonyl (C=O) groups excluding carboxylic acids is 1. The van der Waals surface area contributed by atoms with E-state index >= 15 is 0 Å². The molecular formula is C6H12O6. The molecule has 6 nitrogen and oxygen atoms in total. The SMILES string of the molecule is [2H]C(O)[C@@H](O)C(=O)[C@H](O)[C@H](O)CO. The van der Waals surface area contributed by atoms with Gasteiger partial charge in [-0.05, 0) is 0 Å². The molecule has 0 saturated carbocycles. The van der Waals surface area contributed by atoms with Crippen LogP contribution in [0.4, 0.5) is 0 Å². The molecule has 0 saturated heterocycles. The minimum Gasteiger partial charge on any atom is -0.394 e. The van der Waals surface area contributed by atoms with Gasteiger partial charge in [0.2, 0.25) is 0 Å². The van der Waals surface area contributed by atoms with E-state index in [1.165, 1.54) is 0 Å². The Hall–Kier alpha value is -0.530. The molecule has 0 bridgehead atoms. The molecule has 4 atom stereocenters. The van der Waals surface area contributed by atoms with Crippen LogP contribution >= 0.6 is 0 Å². The van der Waals surface area contributed by atoms with Gasteiger partial charge in [0.25, 0.3) is 0 Å². The Labute approximate surface area is 70.1 Å². The third-order valence-corrected chi connectivity index (χ3v) is 1.28. The van der Waals surface area contributed by atoms with Crippen molar-refractivity contribution in [2.24, 2.45) is 0 Å². The third-order valence-electron chi connectivity index (χ3n) is 1.28. The summed E-state index contributed by atoms with van der Waals surface area (Å²) in [6.45, 7) is -2.93. The summed E-state index contributed by atoms with van der Waals surface area (Å²) >= 11 is 0. The monoisotopic (exact) mass is 181 g/mol. The van der Waals surface area contributed by atoms with E-state index in [1.54, 1.807) is 0 Å². The summed E-state index contributed by atoms with van der Waals surface area (Å²) in [7, 11) is 0. The van der Waals surface area contributed by atoms with Crippen molar-refractivity contribution in [2.75, 3.05) is 13.2 Å². The predicted octanol–water partition coefficient (Wildman–Crippen LogP) is -3.38. The average Bonchev–Trinajstić information content (AvgIpc) is 2.12. The lowest BCUT2D eigenvalue weighted by atomic mass is 10.1. The number of rotatable bonds is 5. The first-order valence-electron chi connectivity index (χ1n) is 3.78. The number of carbonyl (C=O) groups is 1. The van der Waals surface area contributed by atoms with Crippen molar-refractivity contribution < 1.29 is 31.7 Å². The second-order valence-corrected chi connectivity index (χ2v) is 2.19. The van der Waals surface area contributed by atoms with E-state index in [-0.39, 0.29) is 0 Å². The number of aliphatic hydroxyl groups excluding tert-OH is 5. The van der Waals surface area contributed by atoms with E-state index in [0.29, 0.717) is 0 Å². The summed E-state index contributed by atoms with van der Waals surface area (Å²) in [5.41, 5.74) is 0. The molecule has 0 heterocycles. The first-order chi connectivity index (χ1) is 5.91. The second kappa shape index (κ2) is 5.18. The molecule has 72 valence electrons. The normalized spacial score (nSPS) is 22.2. The summed E-state index contributed by atoms with van der Waals surface area (Å²) < 4.78 is 6.53. The van der Waals surface area contributed by atoms with Crippen molar-refractivity contribution in [1.29, 1.82) is 0 Å². The van der Waals surface area contributed by atoms with E-state index in [9.17, 15) is 4.79 Å². The molecule has 12 heavy (non-hydrogen) atoms. The zero-order chi connectivity index (χ0) is 10.6. The van der Waals surface area contributed by atoms with Gasteiger partial charge in [0, 0.05) is 0 Å². The summed E-state index contributed by atoms with van der Waals surface area (Å²) in [6.07, 6.45) is -5.81. The van der Waals surface area contributed by atoms with Crippen LogP contribution in [-0.4, -0.2) is 62.8 Å². The Morgan fingerprint density at radius 2 is 1.83 bits per heavy atom. The van der Waals surface area contributed by atoms with Gasteiger partial charge in [-0.25, -0.2) is 0 Å². The molecule has 0 aliphatic heterocycles. The highest BCUT2D eigenvalue weighted by atomic mass is 16.4. The van der Waals surface area contributed by atoms with Gasteiger partial charge in [-0.3, -0.25) is 4.79 Å². The highest BCUT2D eigenvalue weighted by molar-refractivity contribution is 5.87. The highest BCUT2D eigenvalue weighted by Crippen LogP contribution is 1.98. The standard InChI is InChI=1S/C6H12O6/c7-1-3(9)5(11)6(12)4(10)2-8/h3-5,7-11H,1-2H2/t3-,4-,5-/m1/s1/i2D/t2?,3-,4-,5-. The van der Waals surface area contributed by atoms with E-state index in [0.717, 1.165) is 0 Å². The van der Waals surface area contributed by atoms with E-state index in [4.69, 9.17) is 26.9 Å². The van der Waals surface area contributed by atoms with Gasteiger partial charge in [0.15, 0.2) is 5.78 Å². The smallest absolute Gasteiger partial charge is 0.194 e. The van der Waals surface area contributed by atoms with Gasteiger partial charge in [-0.15, -0.1) is 0 Å². The summed E-state index contributed by atoms with van der Waals surface area (Å²) in [6, 6.07) is 0. The fraction of sp³-hybridized carbons (Fsp3) is 0.833. The molecule has 0 aliphatic carbocycles. The molecule has 0 rings (SSSR count). The molecule has 0 aliphatic rings. The van der Waals surface area contributed by atoms with Crippen LogP contribution in [0.25, 0.3) is 0 Å². The summed E-state index contributed by atoms with van der Waals surface area (Å²) in [5, 5.41) is 43.2. The second-order valence-electron chi connectivity index (χ2n) is 2.19. The first-order valence-corrected chi connectivity index (χ1v) is 3.21. The largest absolute Gasteiger partial charge is 0.394 e. The maximum absolute atomic E-state index is 10.8. The minimum absolute atomic E-state index is 0.853. The lowest BCUT2D eigenvalue weighted by Gasteiger charge is -2.16. The van der Waals surface area contributed by atoms with Gasteiger partial charge in [0.05, 0.1) is 14.6 Å². The van der Waals surface area contributed by atoms with Crippen LogP contribution in [0.1, 0.15) is 1.37 Å². The van der Waals surface area contributed by atoms with E-state index < -0.39 is 37.3 Å². The van der Waals surface area contributed by atoms with Crippen LogP contribution in [0.3, 0.4) is 0 Å². The molecular weight excluding hydrogens is 168 g/mol. The number of ketones is 1. The van der Waals surface area contributed by atoms with Crippen molar-refractivity contribution in [2.45, 2.75) is 18.3 Å². The fourth-order valence-electron chi connectivity index (χ4n) is 0.538. The Morgan fingerprint density at radius 1 is 1.33 bits per heavy atom. The van der Waals surface area contributed by atoms with Crippen molar-refractivity contribution in [3.8, 4) is 0 Å². The maximum atomic E-state index is 10.8. The molecule has 1 unspecified atom stereocenters. The predicted molar refractivity (Wildman–Crippen MR) is 37.2 cm³/mol. The fourth-order valence-corrected chi connectivity index (χ4v) is 0.538. The van der Waals surface area contributed by atoms with Crippen molar-refractivity contribution in [1.82, 2.24) is 0 Å². The van der Waals surface area contributed by atoms with Crippen LogP contribution in [0.15, 0.2) is 0 Å². The Balaban J connectivity index is 4.25. The number of hydrogen-bond acceptors (Lipinski definition) is 6. The summed E-state index contributed by atoms with van der Waals surface area (Å²) in [5.74, 6) is -1.30. The minimum atomic E-state index is -2.09. The van der Waals surface area contributed by atoms with Crippen LogP contribution in [0.5, 0.6) is 0 Å². The van der Waals surface area contributed by atoms with Gasteiger partial charge in [-0.2, -0.15) is 0 Å². The number of Topliss-reactive ketones (excluding diaryl/α,β-unsaturated/α-hetero) is 1. The lowest BCUT2D eigenvalue weighted by Crippen LogP contribution is -2.43. The summed E-state index contributed by atoms with van der Waals surface area (Å²) in [4.78, 5) is 10.8. The molecule has 6 heteroatoms. The Morgan fingerprint density at radius 3 is 2.17 bits per heavy atom. The Kier molecular flexibility index (Phi) is 4.12. The van der Waals surface area contributed by atoms with Crippen LogP contribution in [0.2, 0.25) is 0 Å². The van der Waals surface area contributed by atoms with E-state index in [2.05, 4.69) is 0 Å². The Bertz CT molecular complexity index is 173. The number of hydrogen-bond donors (Lipinski definition) is 5. The van der Waals surface area contributed by atoms with Crippen molar-refractivity contribution in [3.63, 3.8) is 0 Å². The van der Waals surface area contributed by atoms with Gasteiger partial charge in [-0.1, -0.05) is 0 Å². The lowest BCUT2D eigenvalue weighted by molar-refractivity contribution is -0.144. The third kappa shape index (κ3) is 2.84. The maximum Gasteiger partial charge on any atom is 0.194 e. The van der Waals surface area contributed by atoms with Gasteiger partial charge in [0.1, 0.15) is 18.3 Å². The van der Waals surface area contributed by atoms with Gasteiger partial charge >= 0.3 is 0 Å². The molecule has 0 aromatic carbocycles. The van der Waals surface area contributed by atoms with Gasteiger partial charge < -0.3 is 25.5 Å². The van der Waals surface area contributed by atoms with Crippen molar-refractivity contribution >= 4 is 5.78 Å². The van der Waals surface area contributed by atoms with Crippen molar-refractivity contribution in [3.05, 3.63) is 0 Å². The van der Waals surface area contributed by atoms with Crippen LogP contribution < -0.4 is 0 Å². The van der Waals surface area contributed by atoms with E-state index in [1.807, 2.05) is 0 Å². The topological polar surface area (TPSA) is 118 Å². The molecule has 0 aromatic rings. The average molecular weight is 181 g/mol. The quantitative estimate of drug-likeness (QED) is 0.302. The molecule has 0 radical (unpaired) electrons. The molecule has 0 aromatic heterocycles. The molecule has 0 fully saturated rings. The number of aliphatic hydroxyl groups is 5. The van der Waals surface area contributed by atoms with Crippen LogP contribution in [-0.2, 0) is 4.79 Å². The molecule has 0 amide bonds. The zero-order valence-electron chi connectivity index (χ0n) is 7.16. The zero-order valence-corrected chi connectivity index (χ0v) is 6.16. The molecule has 0 spiro atoms. The first kappa shape index (κ1) is 9.56. The van der Waals surface area contributed by atoms with Crippen LogP contribution in [0, 0.1) is 0 Å². The highest BCUT2D eigenvalue weighted by Gasteiger charge is 2.28.